The molecule has 0 unspecified atom stereocenters. The van der Waals surface area contributed by atoms with Crippen LogP contribution in [0.1, 0.15) is 20.3 Å². The summed E-state index contributed by atoms with van der Waals surface area (Å²) in [7, 11) is 0. The van der Waals surface area contributed by atoms with Crippen LogP contribution in [0.15, 0.2) is 16.2 Å². The van der Waals surface area contributed by atoms with Crippen molar-refractivity contribution in [3.8, 4) is 0 Å². The maximum absolute atomic E-state index is 8.54. The molecule has 0 aromatic carbocycles. The van der Waals surface area contributed by atoms with Crippen LogP contribution in [0.5, 0.6) is 0 Å². The molecule has 0 rings (SSSR count). The molecule has 0 bridgehead atoms. The number of hydrogen-bond donors (Lipinski definition) is 3. The highest BCUT2D eigenvalue weighted by Crippen LogP contribution is 2.19. The molecule has 0 aromatic heterocycles. The Bertz CT molecular complexity index is 226. The standard InChI is InChI=1S/C9H18BrN3O/c1-7(10)6-12-5-4-9(2,3)8(11)13-14/h12,14H,1,4-6H2,2-3H3,(H2,11,13). The Labute approximate surface area is 93.4 Å². The maximum Gasteiger partial charge on any atom is 0.144 e. The van der Waals surface area contributed by atoms with Crippen molar-refractivity contribution in [2.24, 2.45) is 16.3 Å². The van der Waals surface area contributed by atoms with E-state index in [9.17, 15) is 0 Å². The minimum Gasteiger partial charge on any atom is -0.409 e. The summed E-state index contributed by atoms with van der Waals surface area (Å²) in [5.41, 5.74) is 5.26. The van der Waals surface area contributed by atoms with E-state index in [0.29, 0.717) is 0 Å². The van der Waals surface area contributed by atoms with E-state index in [1.165, 1.54) is 0 Å². The minimum atomic E-state index is -0.282. The summed E-state index contributed by atoms with van der Waals surface area (Å²) in [6, 6.07) is 0. The topological polar surface area (TPSA) is 70.6 Å². The van der Waals surface area contributed by atoms with Gasteiger partial charge in [-0.2, -0.15) is 0 Å². The molecule has 0 aliphatic heterocycles. The summed E-state index contributed by atoms with van der Waals surface area (Å²) >= 11 is 3.25. The highest BCUT2D eigenvalue weighted by molar-refractivity contribution is 9.11. The number of oxime groups is 1. The predicted molar refractivity (Wildman–Crippen MR) is 62.7 cm³/mol. The summed E-state index contributed by atoms with van der Waals surface area (Å²) < 4.78 is 0.916. The quantitative estimate of drug-likeness (QED) is 0.224. The normalized spacial score (nSPS) is 12.9. The molecule has 0 atom stereocenters. The lowest BCUT2D eigenvalue weighted by Crippen LogP contribution is -2.35. The Hall–Kier alpha value is -0.550. The van der Waals surface area contributed by atoms with Gasteiger partial charge in [-0.1, -0.05) is 41.5 Å². The molecule has 0 saturated heterocycles. The summed E-state index contributed by atoms with van der Waals surface area (Å²) in [6.45, 7) is 9.11. The summed E-state index contributed by atoms with van der Waals surface area (Å²) in [4.78, 5) is 0. The largest absolute Gasteiger partial charge is 0.409 e. The number of halogens is 1. The zero-order chi connectivity index (χ0) is 11.2. The Morgan fingerprint density at radius 1 is 1.64 bits per heavy atom. The van der Waals surface area contributed by atoms with Gasteiger partial charge in [-0.15, -0.1) is 0 Å². The molecular weight excluding hydrogens is 246 g/mol. The van der Waals surface area contributed by atoms with Gasteiger partial charge < -0.3 is 16.3 Å². The lowest BCUT2D eigenvalue weighted by atomic mass is 9.88. The lowest BCUT2D eigenvalue weighted by molar-refractivity contribution is 0.305. The Kier molecular flexibility index (Phi) is 5.79. The van der Waals surface area contributed by atoms with Crippen LogP contribution in [-0.2, 0) is 0 Å². The van der Waals surface area contributed by atoms with E-state index >= 15 is 0 Å². The predicted octanol–water partition coefficient (Wildman–Crippen LogP) is 1.65. The van der Waals surface area contributed by atoms with Crippen molar-refractivity contribution >= 4 is 21.8 Å². The lowest BCUT2D eigenvalue weighted by Gasteiger charge is -2.22. The molecule has 0 heterocycles. The number of hydrogen-bond acceptors (Lipinski definition) is 3. The molecule has 4 N–H and O–H groups in total. The average molecular weight is 264 g/mol. The highest BCUT2D eigenvalue weighted by Gasteiger charge is 2.22. The molecule has 0 aliphatic carbocycles. The average Bonchev–Trinajstić information content (AvgIpc) is 2.10. The van der Waals surface area contributed by atoms with E-state index in [1.54, 1.807) is 0 Å². The minimum absolute atomic E-state index is 0.261. The van der Waals surface area contributed by atoms with Gasteiger partial charge in [0.1, 0.15) is 5.84 Å². The van der Waals surface area contributed by atoms with Gasteiger partial charge in [0.05, 0.1) is 0 Å². The first-order chi connectivity index (χ1) is 6.40. The van der Waals surface area contributed by atoms with Gasteiger partial charge in [0.15, 0.2) is 0 Å². The number of nitrogens with zero attached hydrogens (tertiary/aromatic N) is 1. The second-order valence-electron chi connectivity index (χ2n) is 3.81. The summed E-state index contributed by atoms with van der Waals surface area (Å²) in [5, 5.41) is 14.7. The fourth-order valence-corrected chi connectivity index (χ4v) is 1.09. The van der Waals surface area contributed by atoms with Crippen LogP contribution in [0.25, 0.3) is 0 Å². The van der Waals surface area contributed by atoms with Crippen LogP contribution >= 0.6 is 15.9 Å². The van der Waals surface area contributed by atoms with Crippen molar-refractivity contribution in [3.63, 3.8) is 0 Å². The monoisotopic (exact) mass is 263 g/mol. The smallest absolute Gasteiger partial charge is 0.144 e. The molecule has 14 heavy (non-hydrogen) atoms. The van der Waals surface area contributed by atoms with E-state index in [4.69, 9.17) is 10.9 Å². The molecule has 0 amide bonds. The Balaban J connectivity index is 3.83. The van der Waals surface area contributed by atoms with E-state index < -0.39 is 0 Å². The molecule has 5 heteroatoms. The van der Waals surface area contributed by atoms with Crippen LogP contribution in [0.3, 0.4) is 0 Å². The van der Waals surface area contributed by atoms with Gasteiger partial charge in [-0.25, -0.2) is 0 Å². The number of rotatable bonds is 6. The molecule has 0 radical (unpaired) electrons. The zero-order valence-electron chi connectivity index (χ0n) is 8.68. The van der Waals surface area contributed by atoms with Gasteiger partial charge in [-0.3, -0.25) is 0 Å². The van der Waals surface area contributed by atoms with E-state index in [1.807, 2.05) is 13.8 Å². The van der Waals surface area contributed by atoms with Crippen LogP contribution in [0.2, 0.25) is 0 Å². The van der Waals surface area contributed by atoms with Gasteiger partial charge in [0.2, 0.25) is 0 Å². The van der Waals surface area contributed by atoms with Crippen LogP contribution in [0.4, 0.5) is 0 Å². The first-order valence-electron chi connectivity index (χ1n) is 4.42. The number of nitrogens with one attached hydrogen (secondary N) is 1. The maximum atomic E-state index is 8.54. The Morgan fingerprint density at radius 2 is 2.21 bits per heavy atom. The van der Waals surface area contributed by atoms with Crippen molar-refractivity contribution < 1.29 is 5.21 Å². The first kappa shape index (κ1) is 13.4. The van der Waals surface area contributed by atoms with Crippen molar-refractivity contribution in [1.29, 1.82) is 0 Å². The molecule has 0 aromatic rings. The van der Waals surface area contributed by atoms with Crippen LogP contribution < -0.4 is 11.1 Å². The molecule has 0 fully saturated rings. The molecule has 0 saturated carbocycles. The van der Waals surface area contributed by atoms with Crippen LogP contribution in [0, 0.1) is 5.41 Å². The third-order valence-corrected chi connectivity index (χ3v) is 2.33. The second kappa shape index (κ2) is 6.03. The fraction of sp³-hybridized carbons (Fsp3) is 0.667. The fourth-order valence-electron chi connectivity index (χ4n) is 0.888. The molecular formula is C9H18BrN3O. The van der Waals surface area contributed by atoms with E-state index in [0.717, 1.165) is 24.0 Å². The van der Waals surface area contributed by atoms with Gasteiger partial charge >= 0.3 is 0 Å². The highest BCUT2D eigenvalue weighted by atomic mass is 79.9. The first-order valence-corrected chi connectivity index (χ1v) is 5.21. The second-order valence-corrected chi connectivity index (χ2v) is 4.93. The van der Waals surface area contributed by atoms with Gasteiger partial charge in [0.25, 0.3) is 0 Å². The molecule has 0 spiro atoms. The zero-order valence-corrected chi connectivity index (χ0v) is 10.3. The van der Waals surface area contributed by atoms with E-state index in [-0.39, 0.29) is 11.3 Å². The van der Waals surface area contributed by atoms with Crippen molar-refractivity contribution in [1.82, 2.24) is 5.32 Å². The number of nitrogens with two attached hydrogens (primary N) is 1. The Morgan fingerprint density at radius 3 is 2.64 bits per heavy atom. The van der Waals surface area contributed by atoms with Crippen molar-refractivity contribution in [2.45, 2.75) is 20.3 Å². The summed E-state index contributed by atoms with van der Waals surface area (Å²) in [5.74, 6) is 0.261. The summed E-state index contributed by atoms with van der Waals surface area (Å²) in [6.07, 6.45) is 0.809. The molecule has 4 nitrogen and oxygen atoms in total. The molecule has 82 valence electrons. The third-order valence-electron chi connectivity index (χ3n) is 2.04. The van der Waals surface area contributed by atoms with Crippen molar-refractivity contribution in [2.75, 3.05) is 13.1 Å². The van der Waals surface area contributed by atoms with Crippen molar-refractivity contribution in [3.05, 3.63) is 11.1 Å². The molecule has 0 aliphatic rings. The van der Waals surface area contributed by atoms with Crippen LogP contribution in [-0.4, -0.2) is 24.1 Å². The number of amidine groups is 1. The third kappa shape index (κ3) is 5.24. The SMILES string of the molecule is C=C(Br)CNCCC(C)(C)C(N)=NO. The van der Waals surface area contributed by atoms with E-state index in [2.05, 4.69) is 33.0 Å². The van der Waals surface area contributed by atoms with Gasteiger partial charge in [0, 0.05) is 16.4 Å². The van der Waals surface area contributed by atoms with Gasteiger partial charge in [-0.05, 0) is 13.0 Å².